The van der Waals surface area contributed by atoms with Gasteiger partial charge in [0.2, 0.25) is 0 Å². The second kappa shape index (κ2) is 19.0. The molecule has 0 saturated carbocycles. The number of nitrogens with zero attached hydrogens (tertiary/aromatic N) is 10. The number of halogens is 3. The summed E-state index contributed by atoms with van der Waals surface area (Å²) in [4.78, 5) is 63.9. The largest absolute Gasteiger partial charge is 0.485 e. The van der Waals surface area contributed by atoms with Gasteiger partial charge in [0.15, 0.2) is 11.6 Å². The molecule has 0 bridgehead atoms. The van der Waals surface area contributed by atoms with E-state index in [1.165, 1.54) is 27.5 Å². The van der Waals surface area contributed by atoms with Crippen molar-refractivity contribution < 1.29 is 24.1 Å². The molecule has 0 spiro atoms. The normalized spacial score (nSPS) is 11.8. The van der Waals surface area contributed by atoms with Crippen molar-refractivity contribution in [3.8, 4) is 56.9 Å². The maximum absolute atomic E-state index is 14.1. The highest BCUT2D eigenvalue weighted by molar-refractivity contribution is 6.32. The van der Waals surface area contributed by atoms with Crippen LogP contribution in [0.2, 0.25) is 10.0 Å². The second-order valence-corrected chi connectivity index (χ2v) is 18.1. The van der Waals surface area contributed by atoms with Gasteiger partial charge in [-0.25, -0.2) is 24.3 Å². The van der Waals surface area contributed by atoms with E-state index in [0.29, 0.717) is 79.3 Å². The van der Waals surface area contributed by atoms with Crippen LogP contribution in [0.4, 0.5) is 4.39 Å². The van der Waals surface area contributed by atoms with Crippen molar-refractivity contribution in [2.45, 2.75) is 79.8 Å². The van der Waals surface area contributed by atoms with Gasteiger partial charge in [0, 0.05) is 53.9 Å². The fourth-order valence-electron chi connectivity index (χ4n) is 7.32. The van der Waals surface area contributed by atoms with Crippen LogP contribution in [-0.2, 0) is 24.4 Å². The molecule has 8 aromatic rings. The molecule has 8 aromatic heterocycles. The Morgan fingerprint density at radius 3 is 1.71 bits per heavy atom. The number of hydrogen-bond acceptors (Lipinski definition) is 14. The smallest absolute Gasteiger partial charge is 0.277 e. The van der Waals surface area contributed by atoms with E-state index in [0.717, 1.165) is 6.20 Å². The topological polar surface area (TPSA) is 206 Å². The van der Waals surface area contributed by atoms with Crippen LogP contribution in [0, 0.1) is 33.5 Å². The highest BCUT2D eigenvalue weighted by atomic mass is 35.5. The van der Waals surface area contributed by atoms with E-state index in [1.54, 1.807) is 116 Å². The molecule has 0 fully saturated rings. The summed E-state index contributed by atoms with van der Waals surface area (Å²) in [6.45, 7) is 13.2. The van der Waals surface area contributed by atoms with Gasteiger partial charge in [0.25, 0.3) is 11.1 Å². The Morgan fingerprint density at radius 1 is 0.594 bits per heavy atom. The van der Waals surface area contributed by atoms with E-state index in [-0.39, 0.29) is 46.4 Å². The average Bonchev–Trinajstić information content (AvgIpc) is 3.31. The Morgan fingerprint density at radius 2 is 1.14 bits per heavy atom. The van der Waals surface area contributed by atoms with Gasteiger partial charge in [-0.3, -0.25) is 38.7 Å². The monoisotopic (exact) mass is 970 g/mol. The molecule has 16 nitrogen and oxygen atoms in total. The minimum absolute atomic E-state index is 0.0412. The molecule has 0 aliphatic carbocycles. The van der Waals surface area contributed by atoms with E-state index >= 15 is 0 Å². The first-order valence-electron chi connectivity index (χ1n) is 21.4. The summed E-state index contributed by atoms with van der Waals surface area (Å²) in [5, 5.41) is 21.4. The van der Waals surface area contributed by atoms with Crippen molar-refractivity contribution in [3.63, 3.8) is 0 Å². The zero-order valence-corrected chi connectivity index (χ0v) is 40.2. The molecule has 0 saturated heterocycles. The van der Waals surface area contributed by atoms with Crippen molar-refractivity contribution >= 4 is 23.2 Å². The highest BCUT2D eigenvalue weighted by Crippen LogP contribution is 2.33. The number of aromatic nitrogens is 10. The van der Waals surface area contributed by atoms with Crippen molar-refractivity contribution in [1.29, 1.82) is 0 Å². The maximum atomic E-state index is 14.1. The predicted molar refractivity (Wildman–Crippen MR) is 257 cm³/mol. The van der Waals surface area contributed by atoms with Crippen LogP contribution in [0.15, 0.2) is 101 Å². The van der Waals surface area contributed by atoms with Crippen molar-refractivity contribution in [2.24, 2.45) is 0 Å². The fourth-order valence-corrected chi connectivity index (χ4v) is 7.71. The third kappa shape index (κ3) is 10.1. The molecule has 8 rings (SSSR count). The zero-order valence-electron chi connectivity index (χ0n) is 38.7. The summed E-state index contributed by atoms with van der Waals surface area (Å²) in [7, 11) is 0. The van der Waals surface area contributed by atoms with Crippen LogP contribution >= 0.6 is 23.2 Å². The summed E-state index contributed by atoms with van der Waals surface area (Å²) >= 11 is 13.4. The minimum atomic E-state index is -1.51. The molecular formula is C50H45Cl2FN10O6. The molecule has 0 aliphatic rings. The standard InChI is InChI=1S/C50H45Cl2FN10O6/c1-26-21-57-35(33-13-15-55-47(59-33)49(5,6)66)19-39(26)62-29(4)17-42(44(52)46(62)65)69-25-38-32(10-9-14-54-38)34-18-37(61-48(60-34)50(7,8)67)36-20-40(27(2)22-58-36)63-28(3)16-41(43(51)45(63)64)68-24-31-12-11-30(53)23-56-31/h9-23,66-67H,24-25H2,1-8H3. The highest BCUT2D eigenvalue weighted by Gasteiger charge is 2.26. The van der Waals surface area contributed by atoms with Crippen LogP contribution in [0.1, 0.15) is 73.2 Å². The number of ether oxygens (including phenoxy) is 2. The predicted octanol–water partition coefficient (Wildman–Crippen LogP) is 8.44. The maximum Gasteiger partial charge on any atom is 0.277 e. The van der Waals surface area contributed by atoms with E-state index in [2.05, 4.69) is 29.9 Å². The van der Waals surface area contributed by atoms with Crippen molar-refractivity contribution in [3.05, 3.63) is 174 Å². The number of rotatable bonds is 13. The first-order chi connectivity index (χ1) is 32.7. The zero-order chi connectivity index (χ0) is 49.5. The SMILES string of the molecule is Cc1cnc(-c2cc(-c3cccnc3COc3cc(C)n(-c4cc(-c5ccnc(C(C)(C)O)n5)ncc4C)c(=O)c3Cl)nc(C(C)(C)O)n2)cc1-n1c(C)cc(OCc2ccc(F)cn2)c(Cl)c1=O. The summed E-state index contributed by atoms with van der Waals surface area (Å²) in [5.74, 6) is 0.0773. The molecule has 0 aromatic carbocycles. The molecule has 0 unspecified atom stereocenters. The minimum Gasteiger partial charge on any atom is -0.485 e. The van der Waals surface area contributed by atoms with Gasteiger partial charge in [-0.1, -0.05) is 23.2 Å². The lowest BCUT2D eigenvalue weighted by atomic mass is 10.0. The lowest BCUT2D eigenvalue weighted by Crippen LogP contribution is -2.23. The van der Waals surface area contributed by atoms with Gasteiger partial charge < -0.3 is 19.7 Å². The molecule has 352 valence electrons. The Bertz CT molecular complexity index is 3410. The molecule has 19 heteroatoms. The number of aliphatic hydroxyl groups is 2. The van der Waals surface area contributed by atoms with Crippen molar-refractivity contribution in [2.75, 3.05) is 0 Å². The molecule has 0 atom stereocenters. The second-order valence-electron chi connectivity index (χ2n) is 17.3. The van der Waals surface area contributed by atoms with Crippen LogP contribution in [0.25, 0.3) is 45.4 Å². The van der Waals surface area contributed by atoms with E-state index in [1.807, 2.05) is 6.92 Å². The molecule has 0 radical (unpaired) electrons. The van der Waals surface area contributed by atoms with Crippen molar-refractivity contribution in [1.82, 2.24) is 49.0 Å². The lowest BCUT2D eigenvalue weighted by molar-refractivity contribution is 0.0684. The summed E-state index contributed by atoms with van der Waals surface area (Å²) in [5.41, 5.74) is 2.88. The first-order valence-corrected chi connectivity index (χ1v) is 22.2. The van der Waals surface area contributed by atoms with Gasteiger partial charge in [0.05, 0.1) is 57.4 Å². The molecular weight excluding hydrogens is 927 g/mol. The third-order valence-corrected chi connectivity index (χ3v) is 11.6. The Hall–Kier alpha value is -7.31. The Labute approximate surface area is 405 Å². The first kappa shape index (κ1) is 48.2. The van der Waals surface area contributed by atoms with Crippen LogP contribution in [0.3, 0.4) is 0 Å². The van der Waals surface area contributed by atoms with Gasteiger partial charge in [-0.05, 0) is 115 Å². The average molecular weight is 972 g/mol. The third-order valence-electron chi connectivity index (χ3n) is 10.9. The van der Waals surface area contributed by atoms with Gasteiger partial charge in [-0.2, -0.15) is 0 Å². The lowest BCUT2D eigenvalue weighted by Gasteiger charge is -2.20. The summed E-state index contributed by atoms with van der Waals surface area (Å²) < 4.78 is 28.4. The molecule has 8 heterocycles. The molecule has 0 amide bonds. The number of aryl methyl sites for hydroxylation is 4. The fraction of sp³-hybridized carbons (Fsp3) is 0.240. The molecule has 2 N–H and O–H groups in total. The van der Waals surface area contributed by atoms with Crippen LogP contribution in [0.5, 0.6) is 11.5 Å². The van der Waals surface area contributed by atoms with Crippen LogP contribution < -0.4 is 20.6 Å². The van der Waals surface area contributed by atoms with E-state index in [9.17, 15) is 24.2 Å². The molecule has 69 heavy (non-hydrogen) atoms. The Kier molecular flexibility index (Phi) is 13.3. The van der Waals surface area contributed by atoms with Gasteiger partial charge >= 0.3 is 0 Å². The molecule has 0 aliphatic heterocycles. The van der Waals surface area contributed by atoms with Gasteiger partial charge in [0.1, 0.15) is 51.8 Å². The van der Waals surface area contributed by atoms with E-state index in [4.69, 9.17) is 42.6 Å². The van der Waals surface area contributed by atoms with Gasteiger partial charge in [-0.15, -0.1) is 0 Å². The summed E-state index contributed by atoms with van der Waals surface area (Å²) in [6, 6.07) is 16.3. The summed E-state index contributed by atoms with van der Waals surface area (Å²) in [6.07, 6.45) is 7.44. The van der Waals surface area contributed by atoms with Crippen LogP contribution in [-0.4, -0.2) is 59.2 Å². The Balaban J connectivity index is 1.11. The number of pyridine rings is 6. The quantitative estimate of drug-likeness (QED) is 0.111. The number of hydrogen-bond donors (Lipinski definition) is 2. The van der Waals surface area contributed by atoms with E-state index < -0.39 is 28.1 Å².